The van der Waals surface area contributed by atoms with E-state index in [1.807, 2.05) is 12.1 Å². The molecule has 1 saturated carbocycles. The molecule has 2 N–H and O–H groups in total. The van der Waals surface area contributed by atoms with Crippen LogP contribution in [0.5, 0.6) is 0 Å². The van der Waals surface area contributed by atoms with Crippen LogP contribution in [0.25, 0.3) is 11.1 Å². The summed E-state index contributed by atoms with van der Waals surface area (Å²) in [5.41, 5.74) is 1.32. The zero-order chi connectivity index (χ0) is 27.3. The minimum atomic E-state index is -4.59. The van der Waals surface area contributed by atoms with E-state index < -0.39 is 23.7 Å². The lowest BCUT2D eigenvalue weighted by atomic mass is 9.75. The first-order valence-electron chi connectivity index (χ1n) is 12.2. The first kappa shape index (κ1) is 26.9. The Morgan fingerprint density at radius 1 is 0.789 bits per heavy atom. The number of ether oxygens (including phenoxy) is 1. The number of ketones is 1. The van der Waals surface area contributed by atoms with Gasteiger partial charge in [-0.25, -0.2) is 4.79 Å². The van der Waals surface area contributed by atoms with E-state index >= 15 is 0 Å². The molecule has 1 aliphatic rings. The summed E-state index contributed by atoms with van der Waals surface area (Å²) in [6.07, 6.45) is -1.49. The van der Waals surface area contributed by atoms with Crippen LogP contribution in [-0.4, -0.2) is 24.9 Å². The zero-order valence-electron chi connectivity index (χ0n) is 20.7. The summed E-state index contributed by atoms with van der Waals surface area (Å²) in [5, 5.41) is 4.76. The third-order valence-electron chi connectivity index (χ3n) is 6.73. The number of benzene rings is 3. The Morgan fingerprint density at radius 2 is 1.37 bits per heavy atom. The Morgan fingerprint density at radius 3 is 1.97 bits per heavy atom. The van der Waals surface area contributed by atoms with Gasteiger partial charge in [-0.15, -0.1) is 0 Å². The van der Waals surface area contributed by atoms with Crippen LogP contribution >= 0.6 is 0 Å². The van der Waals surface area contributed by atoms with Crippen molar-refractivity contribution in [3.05, 3.63) is 83.9 Å². The predicted molar refractivity (Wildman–Crippen MR) is 138 cm³/mol. The molecule has 3 aromatic carbocycles. The molecular formula is C29H27F3N2O4. The Hall–Kier alpha value is -4.14. The zero-order valence-corrected chi connectivity index (χ0v) is 20.7. The molecule has 6 nitrogen and oxygen atoms in total. The van der Waals surface area contributed by atoms with E-state index in [-0.39, 0.29) is 23.4 Å². The Bertz CT molecular complexity index is 1300. The monoisotopic (exact) mass is 524 g/mol. The highest BCUT2D eigenvalue weighted by molar-refractivity contribution is 6.01. The highest BCUT2D eigenvalue weighted by Gasteiger charge is 2.37. The summed E-state index contributed by atoms with van der Waals surface area (Å²) >= 11 is 0. The van der Waals surface area contributed by atoms with Crippen LogP contribution in [0.3, 0.4) is 0 Å². The maximum absolute atomic E-state index is 13.2. The molecule has 1 aliphatic carbocycles. The average molecular weight is 525 g/mol. The number of amides is 2. The van der Waals surface area contributed by atoms with Crippen LogP contribution in [0.1, 0.15) is 41.6 Å². The fraction of sp³-hybridized carbons (Fsp3) is 0.276. The van der Waals surface area contributed by atoms with E-state index in [4.69, 9.17) is 4.74 Å². The van der Waals surface area contributed by atoms with Gasteiger partial charge in [-0.1, -0.05) is 61.4 Å². The smallest absolute Gasteiger partial charge is 0.418 e. The molecular weight excluding hydrogens is 497 g/mol. The number of carbonyl (C=O) groups is 3. The number of nitrogens with one attached hydrogen (secondary N) is 2. The van der Waals surface area contributed by atoms with Crippen LogP contribution in [0.4, 0.5) is 29.3 Å². The van der Waals surface area contributed by atoms with Gasteiger partial charge in [-0.05, 0) is 48.2 Å². The number of urea groups is 1. The van der Waals surface area contributed by atoms with E-state index in [9.17, 15) is 27.6 Å². The number of alkyl halides is 3. The summed E-state index contributed by atoms with van der Waals surface area (Å²) in [4.78, 5) is 37.5. The van der Waals surface area contributed by atoms with Crippen LogP contribution in [-0.2, 0) is 15.7 Å². The minimum absolute atomic E-state index is 0.0655. The van der Waals surface area contributed by atoms with Crippen molar-refractivity contribution in [2.75, 3.05) is 17.7 Å². The molecule has 0 heterocycles. The molecule has 0 radical (unpaired) electrons. The third-order valence-corrected chi connectivity index (χ3v) is 6.73. The number of halogens is 3. The molecule has 3 aromatic rings. The van der Waals surface area contributed by atoms with Gasteiger partial charge in [-0.2, -0.15) is 13.2 Å². The Labute approximate surface area is 218 Å². The van der Waals surface area contributed by atoms with Gasteiger partial charge in [0.2, 0.25) is 0 Å². The summed E-state index contributed by atoms with van der Waals surface area (Å²) in [5.74, 6) is -1.21. The number of anilines is 2. The molecule has 1 fully saturated rings. The van der Waals surface area contributed by atoms with Gasteiger partial charge in [0.25, 0.3) is 0 Å². The van der Waals surface area contributed by atoms with E-state index in [1.165, 1.54) is 25.3 Å². The van der Waals surface area contributed by atoms with Crippen molar-refractivity contribution in [2.45, 2.75) is 31.9 Å². The number of Topliss-reactive ketones (excluding diaryl/α,β-unsaturated/α-hetero) is 1. The van der Waals surface area contributed by atoms with Crippen LogP contribution in [0.2, 0.25) is 0 Å². The lowest BCUT2D eigenvalue weighted by Crippen LogP contribution is -2.33. The largest absolute Gasteiger partial charge is 0.469 e. The van der Waals surface area contributed by atoms with Gasteiger partial charge in [0.15, 0.2) is 5.78 Å². The first-order chi connectivity index (χ1) is 18.2. The normalized spacial score (nSPS) is 17.4. The number of para-hydroxylation sites is 1. The second-order valence-electron chi connectivity index (χ2n) is 9.16. The molecule has 2 unspecified atom stereocenters. The molecule has 9 heteroatoms. The van der Waals surface area contributed by atoms with E-state index in [2.05, 4.69) is 10.6 Å². The molecule has 0 saturated heterocycles. The van der Waals surface area contributed by atoms with Gasteiger partial charge in [-0.3, -0.25) is 9.59 Å². The lowest BCUT2D eigenvalue weighted by Gasteiger charge is -2.28. The number of rotatable bonds is 6. The number of methoxy groups -OCH3 is 1. The average Bonchev–Trinajstić information content (AvgIpc) is 2.92. The van der Waals surface area contributed by atoms with E-state index in [1.54, 1.807) is 36.4 Å². The second kappa shape index (κ2) is 11.5. The van der Waals surface area contributed by atoms with Crippen molar-refractivity contribution < 1.29 is 32.3 Å². The number of carbonyl (C=O) groups excluding carboxylic acids is 3. The van der Waals surface area contributed by atoms with E-state index in [0.29, 0.717) is 24.1 Å². The molecule has 0 spiro atoms. The van der Waals surface area contributed by atoms with Crippen molar-refractivity contribution in [3.8, 4) is 11.1 Å². The van der Waals surface area contributed by atoms with Gasteiger partial charge in [0.05, 0.1) is 24.3 Å². The maximum atomic E-state index is 13.2. The van der Waals surface area contributed by atoms with Crippen molar-refractivity contribution in [2.24, 2.45) is 11.8 Å². The third kappa shape index (κ3) is 6.22. The Kier molecular flexibility index (Phi) is 8.14. The molecule has 0 bridgehead atoms. The molecule has 2 atom stereocenters. The number of hydrogen-bond acceptors (Lipinski definition) is 4. The predicted octanol–water partition coefficient (Wildman–Crippen LogP) is 7.18. The van der Waals surface area contributed by atoms with Gasteiger partial charge >= 0.3 is 18.2 Å². The van der Waals surface area contributed by atoms with Crippen molar-refractivity contribution >= 4 is 29.2 Å². The van der Waals surface area contributed by atoms with Crippen LogP contribution in [0, 0.1) is 11.8 Å². The van der Waals surface area contributed by atoms with Crippen LogP contribution in [0.15, 0.2) is 72.8 Å². The van der Waals surface area contributed by atoms with Crippen molar-refractivity contribution in [1.82, 2.24) is 0 Å². The molecule has 2 amide bonds. The minimum Gasteiger partial charge on any atom is -0.469 e. The van der Waals surface area contributed by atoms with E-state index in [0.717, 1.165) is 30.0 Å². The molecule has 198 valence electrons. The highest BCUT2D eigenvalue weighted by atomic mass is 19.4. The van der Waals surface area contributed by atoms with Crippen LogP contribution < -0.4 is 10.6 Å². The second-order valence-corrected chi connectivity index (χ2v) is 9.16. The first-order valence-corrected chi connectivity index (χ1v) is 12.2. The number of esters is 1. The fourth-order valence-electron chi connectivity index (χ4n) is 4.79. The van der Waals surface area contributed by atoms with Crippen molar-refractivity contribution in [1.29, 1.82) is 0 Å². The summed E-state index contributed by atoms with van der Waals surface area (Å²) in [7, 11) is 1.34. The molecule has 0 aromatic heterocycles. The topological polar surface area (TPSA) is 84.5 Å². The highest BCUT2D eigenvalue weighted by Crippen LogP contribution is 2.35. The van der Waals surface area contributed by atoms with Gasteiger partial charge < -0.3 is 15.4 Å². The van der Waals surface area contributed by atoms with Crippen molar-refractivity contribution in [3.63, 3.8) is 0 Å². The molecule has 38 heavy (non-hydrogen) atoms. The summed E-state index contributed by atoms with van der Waals surface area (Å²) in [6.45, 7) is 0. The van der Waals surface area contributed by atoms with Gasteiger partial charge in [0.1, 0.15) is 0 Å². The lowest BCUT2D eigenvalue weighted by molar-refractivity contribution is -0.148. The maximum Gasteiger partial charge on any atom is 0.418 e. The number of hydrogen-bond donors (Lipinski definition) is 2. The molecule has 4 rings (SSSR count). The fourth-order valence-corrected chi connectivity index (χ4v) is 4.79. The summed E-state index contributed by atoms with van der Waals surface area (Å²) < 4.78 is 44.3. The molecule has 0 aliphatic heterocycles. The summed E-state index contributed by atoms with van der Waals surface area (Å²) in [6, 6.07) is 17.8. The standard InChI is InChI=1S/C29H27F3N2O4/c1-38-27(36)23-7-3-2-6-22(23)26(35)20-12-10-18(11-13-20)19-14-16-21(17-15-19)33-28(37)34-25-9-5-4-8-24(25)29(30,31)32/h4-5,8-17,22-23H,2-3,6-7H2,1H3,(H2,33,34,37). The van der Waals surface area contributed by atoms with Gasteiger partial charge in [0, 0.05) is 17.2 Å². The SMILES string of the molecule is COC(=O)C1CCCCC1C(=O)c1ccc(-c2ccc(NC(=O)Nc3ccccc3C(F)(F)F)cc2)cc1. The Balaban J connectivity index is 1.40. The quantitative estimate of drug-likeness (QED) is 0.264.